The van der Waals surface area contributed by atoms with Crippen molar-refractivity contribution in [1.82, 2.24) is 9.62 Å². The summed E-state index contributed by atoms with van der Waals surface area (Å²) in [6, 6.07) is 11.1. The molecule has 2 aromatic carbocycles. The normalized spacial score (nSPS) is 14.8. The number of rotatable bonds is 9. The number of amides is 1. The van der Waals surface area contributed by atoms with Crippen molar-refractivity contribution in [3.63, 3.8) is 0 Å². The van der Waals surface area contributed by atoms with E-state index < -0.39 is 21.6 Å². The standard InChI is InChI=1S/C26H34N2O8S/c1-26(2,3)36-25(31)28-15-12-21(13-16-28)35-20-8-5-18(6-9-20)11-14-27-37(32,33)23-17-19(24(29)30)7-10-22(23)34-4/h5-10,17,21,27H,11-16H2,1-4H3,(H,29,30). The summed E-state index contributed by atoms with van der Waals surface area (Å²) in [5.74, 6) is -0.457. The van der Waals surface area contributed by atoms with Crippen molar-refractivity contribution in [2.45, 2.75) is 56.6 Å². The lowest BCUT2D eigenvalue weighted by molar-refractivity contribution is 0.0126. The third-order valence-electron chi connectivity index (χ3n) is 5.73. The first-order valence-corrected chi connectivity index (χ1v) is 13.5. The number of carbonyl (C=O) groups is 2. The molecular formula is C26H34N2O8S. The molecular weight excluding hydrogens is 500 g/mol. The molecule has 2 N–H and O–H groups in total. The van der Waals surface area contributed by atoms with Gasteiger partial charge in [0.05, 0.1) is 12.7 Å². The molecule has 0 saturated carbocycles. The second kappa shape index (κ2) is 11.8. The average molecular weight is 535 g/mol. The molecule has 1 aliphatic rings. The first-order chi connectivity index (χ1) is 17.4. The fraction of sp³-hybridized carbons (Fsp3) is 0.462. The van der Waals surface area contributed by atoms with E-state index in [4.69, 9.17) is 14.2 Å². The molecule has 0 unspecified atom stereocenters. The number of aromatic carboxylic acids is 1. The molecule has 0 radical (unpaired) electrons. The van der Waals surface area contributed by atoms with Gasteiger partial charge in [0.2, 0.25) is 10.0 Å². The van der Waals surface area contributed by atoms with Gasteiger partial charge in [-0.05, 0) is 63.1 Å². The Morgan fingerprint density at radius 2 is 1.73 bits per heavy atom. The molecule has 1 amide bonds. The number of hydrogen-bond acceptors (Lipinski definition) is 7. The zero-order valence-electron chi connectivity index (χ0n) is 21.5. The van der Waals surface area contributed by atoms with E-state index in [1.165, 1.54) is 19.2 Å². The Balaban J connectivity index is 1.49. The number of benzene rings is 2. The number of piperidine rings is 1. The Morgan fingerprint density at radius 3 is 2.30 bits per heavy atom. The number of carboxylic acid groups (broad SMARTS) is 1. The summed E-state index contributed by atoms with van der Waals surface area (Å²) in [4.78, 5) is 24.9. The van der Waals surface area contributed by atoms with E-state index in [-0.39, 0.29) is 35.0 Å². The Hall–Kier alpha value is -3.31. The second-order valence-electron chi connectivity index (χ2n) is 9.75. The van der Waals surface area contributed by atoms with Gasteiger partial charge >= 0.3 is 12.1 Å². The molecule has 0 atom stereocenters. The quantitative estimate of drug-likeness (QED) is 0.498. The number of carbonyl (C=O) groups excluding carboxylic acids is 1. The fourth-order valence-electron chi connectivity index (χ4n) is 3.84. The van der Waals surface area contributed by atoms with Crippen LogP contribution in [0.3, 0.4) is 0 Å². The van der Waals surface area contributed by atoms with Crippen LogP contribution in [0.15, 0.2) is 47.4 Å². The van der Waals surface area contributed by atoms with E-state index in [1.807, 2.05) is 45.0 Å². The van der Waals surface area contributed by atoms with Gasteiger partial charge in [0, 0.05) is 32.5 Å². The van der Waals surface area contributed by atoms with E-state index in [0.717, 1.165) is 11.6 Å². The maximum absolute atomic E-state index is 12.7. The van der Waals surface area contributed by atoms with Crippen molar-refractivity contribution in [1.29, 1.82) is 0 Å². The van der Waals surface area contributed by atoms with E-state index in [1.54, 1.807) is 4.90 Å². The number of nitrogens with one attached hydrogen (secondary N) is 1. The first-order valence-electron chi connectivity index (χ1n) is 12.0. The minimum Gasteiger partial charge on any atom is -0.495 e. The van der Waals surface area contributed by atoms with Crippen LogP contribution in [-0.2, 0) is 21.2 Å². The largest absolute Gasteiger partial charge is 0.495 e. The zero-order chi connectivity index (χ0) is 27.2. The van der Waals surface area contributed by atoms with Crippen LogP contribution in [0.25, 0.3) is 0 Å². The van der Waals surface area contributed by atoms with Crippen LogP contribution in [0.4, 0.5) is 4.79 Å². The molecule has 10 nitrogen and oxygen atoms in total. The summed E-state index contributed by atoms with van der Waals surface area (Å²) < 4.78 is 44.6. The van der Waals surface area contributed by atoms with Crippen molar-refractivity contribution in [2.24, 2.45) is 0 Å². The third kappa shape index (κ3) is 8.09. The van der Waals surface area contributed by atoms with E-state index in [2.05, 4.69) is 4.72 Å². The van der Waals surface area contributed by atoms with Crippen LogP contribution in [0.1, 0.15) is 49.5 Å². The molecule has 202 valence electrons. The number of likely N-dealkylation sites (tertiary alicyclic amines) is 1. The molecule has 0 aliphatic carbocycles. The van der Waals surface area contributed by atoms with Gasteiger partial charge in [-0.25, -0.2) is 22.7 Å². The predicted octanol–water partition coefficient (Wildman–Crippen LogP) is 3.69. The van der Waals surface area contributed by atoms with Gasteiger partial charge in [-0.3, -0.25) is 0 Å². The number of methoxy groups -OCH3 is 1. The maximum atomic E-state index is 12.7. The number of hydrogen-bond donors (Lipinski definition) is 2. The minimum atomic E-state index is -3.98. The Bertz CT molecular complexity index is 1200. The van der Waals surface area contributed by atoms with E-state index in [9.17, 15) is 23.1 Å². The smallest absolute Gasteiger partial charge is 0.410 e. The van der Waals surface area contributed by atoms with Crippen LogP contribution >= 0.6 is 0 Å². The van der Waals surface area contributed by atoms with Gasteiger partial charge in [-0.1, -0.05) is 12.1 Å². The fourth-order valence-corrected chi connectivity index (χ4v) is 5.06. The summed E-state index contributed by atoms with van der Waals surface area (Å²) >= 11 is 0. The predicted molar refractivity (Wildman–Crippen MR) is 137 cm³/mol. The van der Waals surface area contributed by atoms with Gasteiger partial charge < -0.3 is 24.2 Å². The summed E-state index contributed by atoms with van der Waals surface area (Å²) in [6.07, 6.45) is 1.52. The Morgan fingerprint density at radius 1 is 1.08 bits per heavy atom. The van der Waals surface area contributed by atoms with Crippen molar-refractivity contribution in [2.75, 3.05) is 26.7 Å². The molecule has 2 aromatic rings. The second-order valence-corrected chi connectivity index (χ2v) is 11.5. The maximum Gasteiger partial charge on any atom is 0.410 e. The van der Waals surface area contributed by atoms with Gasteiger partial charge in [0.1, 0.15) is 28.1 Å². The van der Waals surface area contributed by atoms with Crippen LogP contribution in [0.5, 0.6) is 11.5 Å². The van der Waals surface area contributed by atoms with Crippen molar-refractivity contribution in [3.05, 3.63) is 53.6 Å². The lowest BCUT2D eigenvalue weighted by atomic mass is 10.1. The van der Waals surface area contributed by atoms with Crippen LogP contribution < -0.4 is 14.2 Å². The number of nitrogens with zero attached hydrogens (tertiary/aromatic N) is 1. The highest BCUT2D eigenvalue weighted by molar-refractivity contribution is 7.89. The monoisotopic (exact) mass is 534 g/mol. The van der Waals surface area contributed by atoms with Gasteiger partial charge in [-0.15, -0.1) is 0 Å². The highest BCUT2D eigenvalue weighted by atomic mass is 32.2. The topological polar surface area (TPSA) is 131 Å². The number of carboxylic acids is 1. The van der Waals surface area contributed by atoms with E-state index in [0.29, 0.717) is 38.1 Å². The molecule has 1 aliphatic heterocycles. The van der Waals surface area contributed by atoms with Crippen molar-refractivity contribution < 1.29 is 37.3 Å². The SMILES string of the molecule is COc1ccc(C(=O)O)cc1S(=O)(=O)NCCc1ccc(OC2CCN(C(=O)OC(C)(C)C)CC2)cc1. The third-order valence-corrected chi connectivity index (χ3v) is 7.21. The summed E-state index contributed by atoms with van der Waals surface area (Å²) in [5, 5.41) is 9.17. The van der Waals surface area contributed by atoms with Gasteiger partial charge in [0.25, 0.3) is 0 Å². The van der Waals surface area contributed by atoms with Crippen LogP contribution in [0.2, 0.25) is 0 Å². The molecule has 1 heterocycles. The van der Waals surface area contributed by atoms with Gasteiger partial charge in [-0.2, -0.15) is 0 Å². The minimum absolute atomic E-state index is 0.00658. The average Bonchev–Trinajstić information content (AvgIpc) is 2.84. The van der Waals surface area contributed by atoms with Crippen LogP contribution in [0, 0.1) is 0 Å². The molecule has 0 aromatic heterocycles. The van der Waals surface area contributed by atoms with Gasteiger partial charge in [0.15, 0.2) is 0 Å². The Kier molecular flexibility index (Phi) is 9.03. The summed E-state index contributed by atoms with van der Waals surface area (Å²) in [6.45, 7) is 6.78. The van der Waals surface area contributed by atoms with E-state index >= 15 is 0 Å². The molecule has 0 bridgehead atoms. The molecule has 37 heavy (non-hydrogen) atoms. The molecule has 0 spiro atoms. The van der Waals surface area contributed by atoms with Crippen molar-refractivity contribution in [3.8, 4) is 11.5 Å². The summed E-state index contributed by atoms with van der Waals surface area (Å²) in [5.41, 5.74) is 0.234. The molecule has 1 saturated heterocycles. The lowest BCUT2D eigenvalue weighted by Crippen LogP contribution is -2.44. The lowest BCUT2D eigenvalue weighted by Gasteiger charge is -2.33. The summed E-state index contributed by atoms with van der Waals surface area (Å²) in [7, 11) is -2.66. The number of ether oxygens (including phenoxy) is 3. The molecule has 3 rings (SSSR count). The Labute approximate surface area is 217 Å². The van der Waals surface area contributed by atoms with Crippen LogP contribution in [-0.4, -0.2) is 68.9 Å². The van der Waals surface area contributed by atoms with Crippen molar-refractivity contribution >= 4 is 22.1 Å². The zero-order valence-corrected chi connectivity index (χ0v) is 22.3. The molecule has 11 heteroatoms. The highest BCUT2D eigenvalue weighted by Crippen LogP contribution is 2.25. The molecule has 1 fully saturated rings. The number of sulfonamides is 1. The first kappa shape index (κ1) is 28.3. The highest BCUT2D eigenvalue weighted by Gasteiger charge is 2.27.